The molecule has 0 bridgehead atoms. The summed E-state index contributed by atoms with van der Waals surface area (Å²) in [6, 6.07) is -0.768. The molecule has 4 nitrogen and oxygen atoms in total. The number of halogens is 6. The second kappa shape index (κ2) is 8.01. The molecular formula is C18H27F6N3O. The third kappa shape index (κ3) is 4.75. The first-order chi connectivity index (χ1) is 13.0. The van der Waals surface area contributed by atoms with Gasteiger partial charge in [0.1, 0.15) is 0 Å². The molecule has 0 spiro atoms. The molecule has 0 aromatic rings. The number of carbonyl (C=O) groups excluding carboxylic acids is 1. The number of hydrogen-bond acceptors (Lipinski definition) is 3. The Kier molecular flexibility index (Phi) is 6.20. The first-order valence-corrected chi connectivity index (χ1v) is 9.89. The van der Waals surface area contributed by atoms with Crippen molar-refractivity contribution in [2.45, 2.75) is 82.3 Å². The van der Waals surface area contributed by atoms with E-state index in [1.54, 1.807) is 0 Å². The van der Waals surface area contributed by atoms with Crippen LogP contribution in [0, 0.1) is 17.8 Å². The fourth-order valence-corrected chi connectivity index (χ4v) is 5.15. The molecule has 10 heteroatoms. The van der Waals surface area contributed by atoms with Crippen LogP contribution in [0.5, 0.6) is 0 Å². The van der Waals surface area contributed by atoms with Gasteiger partial charge in [-0.05, 0) is 50.9 Å². The van der Waals surface area contributed by atoms with E-state index in [1.165, 1.54) is 6.92 Å². The van der Waals surface area contributed by atoms with Crippen molar-refractivity contribution in [1.82, 2.24) is 15.8 Å². The molecule has 1 amide bonds. The van der Waals surface area contributed by atoms with Crippen molar-refractivity contribution in [1.29, 1.82) is 0 Å². The van der Waals surface area contributed by atoms with Crippen molar-refractivity contribution in [3.8, 4) is 0 Å². The minimum atomic E-state index is -4.26. The lowest BCUT2D eigenvalue weighted by Gasteiger charge is -2.41. The van der Waals surface area contributed by atoms with Crippen molar-refractivity contribution in [2.24, 2.45) is 17.8 Å². The van der Waals surface area contributed by atoms with Crippen LogP contribution in [0.2, 0.25) is 0 Å². The molecule has 4 atom stereocenters. The van der Waals surface area contributed by atoms with Gasteiger partial charge in [-0.3, -0.25) is 4.79 Å². The molecule has 162 valence electrons. The van der Waals surface area contributed by atoms with Crippen LogP contribution in [0.25, 0.3) is 0 Å². The summed E-state index contributed by atoms with van der Waals surface area (Å²) in [7, 11) is 0. The number of nitrogens with zero attached hydrogens (tertiary/aromatic N) is 1. The Morgan fingerprint density at radius 2 is 1.54 bits per heavy atom. The van der Waals surface area contributed by atoms with Gasteiger partial charge >= 0.3 is 12.4 Å². The molecule has 3 aliphatic rings. The lowest BCUT2D eigenvalue weighted by atomic mass is 9.75. The minimum absolute atomic E-state index is 0.00277. The number of rotatable bonds is 3. The van der Waals surface area contributed by atoms with Gasteiger partial charge in [-0.2, -0.15) is 26.3 Å². The maximum Gasteiger partial charge on any atom is 0.391 e. The lowest BCUT2D eigenvalue weighted by Crippen LogP contribution is -2.51. The van der Waals surface area contributed by atoms with Gasteiger partial charge in [-0.15, -0.1) is 0 Å². The minimum Gasteiger partial charge on any atom is -0.355 e. The molecule has 0 aromatic carbocycles. The van der Waals surface area contributed by atoms with Crippen LogP contribution >= 0.6 is 0 Å². The lowest BCUT2D eigenvalue weighted by molar-refractivity contribution is -0.193. The Balaban J connectivity index is 1.70. The molecule has 1 saturated heterocycles. The van der Waals surface area contributed by atoms with Crippen LogP contribution < -0.4 is 10.7 Å². The Bertz CT molecular complexity index is 559. The first kappa shape index (κ1) is 21.7. The summed E-state index contributed by atoms with van der Waals surface area (Å²) in [6.45, 7) is 1.69. The summed E-state index contributed by atoms with van der Waals surface area (Å²) in [4.78, 5) is 11.2. The number of carbonyl (C=O) groups is 1. The molecule has 1 aliphatic heterocycles. The molecule has 3 rings (SSSR count). The van der Waals surface area contributed by atoms with Crippen LogP contribution in [0.15, 0.2) is 0 Å². The monoisotopic (exact) mass is 415 g/mol. The molecule has 0 radical (unpaired) electrons. The number of fused-ring (bicyclic) bond motifs is 1. The largest absolute Gasteiger partial charge is 0.391 e. The van der Waals surface area contributed by atoms with Gasteiger partial charge < -0.3 is 5.32 Å². The quantitative estimate of drug-likeness (QED) is 0.690. The zero-order valence-corrected chi connectivity index (χ0v) is 15.7. The van der Waals surface area contributed by atoms with Gasteiger partial charge in [0.15, 0.2) is 0 Å². The van der Waals surface area contributed by atoms with Crippen LogP contribution in [-0.4, -0.2) is 47.9 Å². The van der Waals surface area contributed by atoms with E-state index in [0.717, 1.165) is 0 Å². The van der Waals surface area contributed by atoms with Crippen molar-refractivity contribution in [2.75, 3.05) is 6.54 Å². The Hall–Kier alpha value is -1.03. The van der Waals surface area contributed by atoms with Gasteiger partial charge in [0, 0.05) is 31.6 Å². The van der Waals surface area contributed by atoms with Crippen molar-refractivity contribution in [3.05, 3.63) is 0 Å². The predicted octanol–water partition coefficient (Wildman–Crippen LogP) is 3.78. The summed E-state index contributed by atoms with van der Waals surface area (Å²) in [5.41, 5.74) is 3.25. The van der Waals surface area contributed by atoms with E-state index >= 15 is 0 Å². The molecule has 4 unspecified atom stereocenters. The van der Waals surface area contributed by atoms with Crippen molar-refractivity contribution >= 4 is 5.91 Å². The van der Waals surface area contributed by atoms with Crippen LogP contribution in [0.4, 0.5) is 26.3 Å². The SMILES string of the molecule is CC(=O)NCC1NN(C2CCC(C(F)(F)F)CC2)C2CC(C(F)(F)F)CCC12. The summed E-state index contributed by atoms with van der Waals surface area (Å²) in [6.07, 6.45) is -7.46. The van der Waals surface area contributed by atoms with E-state index in [-0.39, 0.29) is 55.6 Å². The molecule has 1 heterocycles. The van der Waals surface area contributed by atoms with Crippen molar-refractivity contribution in [3.63, 3.8) is 0 Å². The molecule has 28 heavy (non-hydrogen) atoms. The second-order valence-electron chi connectivity index (χ2n) is 8.41. The molecule has 2 saturated carbocycles. The van der Waals surface area contributed by atoms with Crippen LogP contribution in [0.3, 0.4) is 0 Å². The van der Waals surface area contributed by atoms with Crippen LogP contribution in [-0.2, 0) is 4.79 Å². The van der Waals surface area contributed by atoms with Gasteiger partial charge in [-0.25, -0.2) is 10.4 Å². The highest BCUT2D eigenvalue weighted by atomic mass is 19.4. The maximum absolute atomic E-state index is 13.3. The second-order valence-corrected chi connectivity index (χ2v) is 8.41. The fraction of sp³-hybridized carbons (Fsp3) is 0.944. The van der Waals surface area contributed by atoms with E-state index in [9.17, 15) is 31.1 Å². The highest BCUT2D eigenvalue weighted by Gasteiger charge is 2.53. The zero-order chi connectivity index (χ0) is 20.7. The van der Waals surface area contributed by atoms with Crippen LogP contribution in [0.1, 0.15) is 51.9 Å². The summed E-state index contributed by atoms with van der Waals surface area (Å²) >= 11 is 0. The van der Waals surface area contributed by atoms with Gasteiger partial charge in [0.25, 0.3) is 0 Å². The Morgan fingerprint density at radius 3 is 2.07 bits per heavy atom. The molecular weight excluding hydrogens is 388 g/mol. The Labute approximate surface area is 160 Å². The van der Waals surface area contributed by atoms with Gasteiger partial charge in [-0.1, -0.05) is 0 Å². The summed E-state index contributed by atoms with van der Waals surface area (Å²) < 4.78 is 78.7. The maximum atomic E-state index is 13.3. The molecule has 2 aliphatic carbocycles. The number of amides is 1. The summed E-state index contributed by atoms with van der Waals surface area (Å²) in [5, 5.41) is 4.52. The average Bonchev–Trinajstić information content (AvgIpc) is 2.96. The van der Waals surface area contributed by atoms with Crippen molar-refractivity contribution < 1.29 is 31.1 Å². The number of hydrazine groups is 1. The number of hydrogen-bond donors (Lipinski definition) is 2. The number of nitrogens with one attached hydrogen (secondary N) is 2. The highest BCUT2D eigenvalue weighted by molar-refractivity contribution is 5.72. The fourth-order valence-electron chi connectivity index (χ4n) is 5.15. The van der Waals surface area contributed by atoms with E-state index in [1.807, 2.05) is 5.01 Å². The summed E-state index contributed by atoms with van der Waals surface area (Å²) in [5.74, 6) is -2.98. The normalized spacial score (nSPS) is 37.5. The Morgan fingerprint density at radius 1 is 0.964 bits per heavy atom. The third-order valence-electron chi connectivity index (χ3n) is 6.64. The molecule has 2 N–H and O–H groups in total. The smallest absolute Gasteiger partial charge is 0.355 e. The average molecular weight is 415 g/mol. The zero-order valence-electron chi connectivity index (χ0n) is 15.7. The van der Waals surface area contributed by atoms with Gasteiger partial charge in [0.2, 0.25) is 5.91 Å². The standard InChI is InChI=1S/C18H27F6N3O/c1-10(28)25-9-15-14-7-4-12(18(22,23)24)8-16(14)27(26-15)13-5-2-11(3-6-13)17(19,20)21/h11-16,26H,2-9H2,1H3,(H,25,28). The van der Waals surface area contributed by atoms with Gasteiger partial charge in [0.05, 0.1) is 11.8 Å². The molecule has 0 aromatic heterocycles. The van der Waals surface area contributed by atoms with E-state index in [0.29, 0.717) is 25.8 Å². The predicted molar refractivity (Wildman–Crippen MR) is 89.9 cm³/mol. The van der Waals surface area contributed by atoms with E-state index in [4.69, 9.17) is 0 Å². The molecule has 3 fully saturated rings. The topological polar surface area (TPSA) is 44.4 Å². The highest BCUT2D eigenvalue weighted by Crippen LogP contribution is 2.46. The third-order valence-corrected chi connectivity index (χ3v) is 6.64. The first-order valence-electron chi connectivity index (χ1n) is 9.89. The number of alkyl halides is 6. The van der Waals surface area contributed by atoms with E-state index < -0.39 is 24.2 Å². The van der Waals surface area contributed by atoms with E-state index in [2.05, 4.69) is 10.7 Å².